The van der Waals surface area contributed by atoms with Gasteiger partial charge in [0.2, 0.25) is 0 Å². The number of benzene rings is 1. The number of carbonyl (C=O) groups excluding carboxylic acids is 1. The normalized spacial score (nSPS) is 19.4. The van der Waals surface area contributed by atoms with Gasteiger partial charge in [-0.25, -0.2) is 9.97 Å². The molecule has 1 aliphatic carbocycles. The third kappa shape index (κ3) is 4.31. The first-order valence-electron chi connectivity index (χ1n) is 9.04. The number of aromatic nitrogens is 3. The maximum atomic E-state index is 12.4. The zero-order chi connectivity index (χ0) is 18.5. The third-order valence-electron chi connectivity index (χ3n) is 4.62. The largest absolute Gasteiger partial charge is 0.460 e. The predicted octanol–water partition coefficient (Wildman–Crippen LogP) is 3.25. The minimum atomic E-state index is -0.211. The van der Waals surface area contributed by atoms with Gasteiger partial charge in [0, 0.05) is 30.1 Å². The summed E-state index contributed by atoms with van der Waals surface area (Å²) in [6.07, 6.45) is 6.77. The van der Waals surface area contributed by atoms with Gasteiger partial charge in [-0.2, -0.15) is 0 Å². The number of nitrogens with zero attached hydrogens (tertiary/aromatic N) is 3. The molecule has 1 aliphatic rings. The van der Waals surface area contributed by atoms with Crippen LogP contribution >= 0.6 is 0 Å². The minimum Gasteiger partial charge on any atom is -0.460 e. The Labute approximate surface area is 156 Å². The Kier molecular flexibility index (Phi) is 5.09. The summed E-state index contributed by atoms with van der Waals surface area (Å²) in [7, 11) is 0. The highest BCUT2D eigenvalue weighted by atomic mass is 16.5. The van der Waals surface area contributed by atoms with Crippen LogP contribution in [0.4, 0.5) is 0 Å². The van der Waals surface area contributed by atoms with Crippen LogP contribution < -0.4 is 10.1 Å². The van der Waals surface area contributed by atoms with Gasteiger partial charge in [-0.1, -0.05) is 35.5 Å². The van der Waals surface area contributed by atoms with Crippen molar-refractivity contribution in [3.8, 4) is 17.3 Å². The monoisotopic (exact) mass is 364 g/mol. The summed E-state index contributed by atoms with van der Waals surface area (Å²) in [5.41, 5.74) is 1.19. The van der Waals surface area contributed by atoms with Crippen molar-refractivity contribution in [1.82, 2.24) is 20.4 Å². The van der Waals surface area contributed by atoms with E-state index in [1.807, 2.05) is 30.3 Å². The molecule has 0 bridgehead atoms. The fraction of sp³-hybridized carbons (Fsp3) is 0.300. The van der Waals surface area contributed by atoms with Crippen LogP contribution in [0.15, 0.2) is 59.4 Å². The number of hydrogen-bond donors (Lipinski definition) is 1. The second-order valence-corrected chi connectivity index (χ2v) is 6.54. The predicted molar refractivity (Wildman–Crippen MR) is 98.1 cm³/mol. The molecule has 1 fully saturated rings. The number of hydrogen-bond acceptors (Lipinski definition) is 6. The van der Waals surface area contributed by atoms with Crippen LogP contribution in [0.2, 0.25) is 0 Å². The van der Waals surface area contributed by atoms with Gasteiger partial charge in [0.15, 0.2) is 11.5 Å². The Morgan fingerprint density at radius 1 is 1.04 bits per heavy atom. The van der Waals surface area contributed by atoms with Gasteiger partial charge in [0.25, 0.3) is 5.91 Å². The minimum absolute atomic E-state index is 0.0808. The van der Waals surface area contributed by atoms with E-state index in [1.54, 1.807) is 24.5 Å². The highest BCUT2D eigenvalue weighted by Crippen LogP contribution is 2.23. The molecule has 2 aromatic heterocycles. The van der Waals surface area contributed by atoms with E-state index in [1.165, 1.54) is 0 Å². The van der Waals surface area contributed by atoms with Gasteiger partial charge >= 0.3 is 6.01 Å². The molecular formula is C20H20N4O3. The Hall–Kier alpha value is -3.22. The van der Waals surface area contributed by atoms with E-state index in [-0.39, 0.29) is 18.1 Å². The molecule has 1 N–H and O–H groups in total. The van der Waals surface area contributed by atoms with Crippen LogP contribution in [0, 0.1) is 0 Å². The lowest BCUT2D eigenvalue weighted by atomic mass is 9.93. The van der Waals surface area contributed by atoms with Crippen LogP contribution in [-0.4, -0.2) is 33.2 Å². The van der Waals surface area contributed by atoms with Crippen molar-refractivity contribution in [2.24, 2.45) is 0 Å². The summed E-state index contributed by atoms with van der Waals surface area (Å²) in [6, 6.07) is 13.5. The first-order valence-corrected chi connectivity index (χ1v) is 9.04. The maximum Gasteiger partial charge on any atom is 0.316 e. The quantitative estimate of drug-likeness (QED) is 0.747. The van der Waals surface area contributed by atoms with Gasteiger partial charge in [-0.15, -0.1) is 0 Å². The average Bonchev–Trinajstić information content (AvgIpc) is 3.21. The van der Waals surface area contributed by atoms with Gasteiger partial charge < -0.3 is 14.6 Å². The van der Waals surface area contributed by atoms with E-state index in [4.69, 9.17) is 9.26 Å². The molecule has 0 aliphatic heterocycles. The molecular weight excluding hydrogens is 344 g/mol. The lowest BCUT2D eigenvalue weighted by molar-refractivity contribution is 0.0876. The van der Waals surface area contributed by atoms with Crippen molar-refractivity contribution < 1.29 is 14.1 Å². The average molecular weight is 364 g/mol. The van der Waals surface area contributed by atoms with Crippen molar-refractivity contribution in [3.63, 3.8) is 0 Å². The zero-order valence-electron chi connectivity index (χ0n) is 14.7. The van der Waals surface area contributed by atoms with E-state index in [0.29, 0.717) is 17.5 Å². The molecule has 2 heterocycles. The van der Waals surface area contributed by atoms with Gasteiger partial charge in [-0.3, -0.25) is 4.79 Å². The maximum absolute atomic E-state index is 12.4. The number of carbonyl (C=O) groups is 1. The summed E-state index contributed by atoms with van der Waals surface area (Å²) in [5.74, 6) is 0.373. The molecule has 138 valence electrons. The Balaban J connectivity index is 1.29. The van der Waals surface area contributed by atoms with E-state index in [0.717, 1.165) is 31.2 Å². The van der Waals surface area contributed by atoms with Crippen LogP contribution in [0.5, 0.6) is 6.01 Å². The molecule has 0 radical (unpaired) electrons. The second kappa shape index (κ2) is 7.99. The lowest BCUT2D eigenvalue weighted by Gasteiger charge is -2.28. The molecule has 7 nitrogen and oxygen atoms in total. The number of rotatable bonds is 5. The number of ether oxygens (including phenoxy) is 1. The van der Waals surface area contributed by atoms with Crippen LogP contribution in [0.3, 0.4) is 0 Å². The van der Waals surface area contributed by atoms with Crippen molar-refractivity contribution in [2.45, 2.75) is 37.8 Å². The highest BCUT2D eigenvalue weighted by molar-refractivity contribution is 5.93. The smallest absolute Gasteiger partial charge is 0.316 e. The molecule has 1 saturated carbocycles. The molecule has 0 atom stereocenters. The molecule has 0 spiro atoms. The molecule has 0 saturated heterocycles. The van der Waals surface area contributed by atoms with E-state index < -0.39 is 0 Å². The van der Waals surface area contributed by atoms with Gasteiger partial charge in [-0.05, 0) is 31.7 Å². The summed E-state index contributed by atoms with van der Waals surface area (Å²) >= 11 is 0. The highest BCUT2D eigenvalue weighted by Gasteiger charge is 2.25. The molecule has 7 heteroatoms. The van der Waals surface area contributed by atoms with E-state index >= 15 is 0 Å². The summed E-state index contributed by atoms with van der Waals surface area (Å²) in [6.45, 7) is 0. The SMILES string of the molecule is O=C(NC1CCC(Oc2ncccn2)CC1)c1cc(-c2ccccc2)on1. The van der Waals surface area contributed by atoms with Crippen LogP contribution in [0.25, 0.3) is 11.3 Å². The van der Waals surface area contributed by atoms with Crippen LogP contribution in [-0.2, 0) is 0 Å². The number of amides is 1. The Morgan fingerprint density at radius 2 is 1.78 bits per heavy atom. The lowest BCUT2D eigenvalue weighted by Crippen LogP contribution is -2.39. The van der Waals surface area contributed by atoms with Gasteiger partial charge in [0.05, 0.1) is 0 Å². The third-order valence-corrected chi connectivity index (χ3v) is 4.62. The molecule has 0 unspecified atom stereocenters. The van der Waals surface area contributed by atoms with Crippen molar-refractivity contribution >= 4 is 5.91 Å². The topological polar surface area (TPSA) is 90.1 Å². The molecule has 27 heavy (non-hydrogen) atoms. The summed E-state index contributed by atoms with van der Waals surface area (Å²) in [5, 5.41) is 6.94. The van der Waals surface area contributed by atoms with Crippen molar-refractivity contribution in [1.29, 1.82) is 0 Å². The summed E-state index contributed by atoms with van der Waals surface area (Å²) < 4.78 is 11.1. The molecule has 4 rings (SSSR count). The first-order chi connectivity index (χ1) is 13.3. The fourth-order valence-electron chi connectivity index (χ4n) is 3.20. The second-order valence-electron chi connectivity index (χ2n) is 6.54. The van der Waals surface area contributed by atoms with Crippen molar-refractivity contribution in [2.75, 3.05) is 0 Å². The number of nitrogens with one attached hydrogen (secondary N) is 1. The fourth-order valence-corrected chi connectivity index (χ4v) is 3.20. The van der Waals surface area contributed by atoms with E-state index in [9.17, 15) is 4.79 Å². The van der Waals surface area contributed by atoms with Crippen molar-refractivity contribution in [3.05, 3.63) is 60.6 Å². The van der Waals surface area contributed by atoms with Gasteiger partial charge in [0.1, 0.15) is 6.10 Å². The van der Waals surface area contributed by atoms with Crippen LogP contribution in [0.1, 0.15) is 36.2 Å². The van der Waals surface area contributed by atoms with E-state index in [2.05, 4.69) is 20.4 Å². The molecule has 3 aromatic rings. The molecule has 1 amide bonds. The molecule has 1 aromatic carbocycles. The first kappa shape index (κ1) is 17.2. The zero-order valence-corrected chi connectivity index (χ0v) is 14.7. The Morgan fingerprint density at radius 3 is 2.52 bits per heavy atom. The standard InChI is InChI=1S/C20H20N4O3/c25-19(17-13-18(27-24-17)14-5-2-1-3-6-14)23-15-7-9-16(10-8-15)26-20-21-11-4-12-22-20/h1-6,11-13,15-16H,7-10H2,(H,23,25). The summed E-state index contributed by atoms with van der Waals surface area (Å²) in [4.78, 5) is 20.6. The Bertz CT molecular complexity index is 875.